The van der Waals surface area contributed by atoms with E-state index in [1.807, 2.05) is 31.2 Å². The summed E-state index contributed by atoms with van der Waals surface area (Å²) in [6.07, 6.45) is 0. The van der Waals surface area contributed by atoms with Crippen LogP contribution in [0.4, 0.5) is 0 Å². The molecule has 18 heavy (non-hydrogen) atoms. The van der Waals surface area contributed by atoms with Crippen LogP contribution in [-0.2, 0) is 0 Å². The highest BCUT2D eigenvalue weighted by Crippen LogP contribution is 2.25. The second kappa shape index (κ2) is 7.72. The number of rotatable bonds is 8. The molecule has 0 radical (unpaired) electrons. The molecule has 1 aromatic rings. The lowest BCUT2D eigenvalue weighted by molar-refractivity contribution is 0.277. The van der Waals surface area contributed by atoms with Crippen LogP contribution < -0.4 is 14.8 Å². The molecule has 0 heterocycles. The molecule has 0 amide bonds. The van der Waals surface area contributed by atoms with E-state index < -0.39 is 0 Å². The Labute approximate surface area is 118 Å². The van der Waals surface area contributed by atoms with Gasteiger partial charge in [-0.2, -0.15) is 0 Å². The fraction of sp³-hybridized carbons (Fsp3) is 0.538. The second-order valence-electron chi connectivity index (χ2n) is 4.25. The zero-order valence-corrected chi connectivity index (χ0v) is 12.2. The van der Waals surface area contributed by atoms with Gasteiger partial charge in [-0.25, -0.2) is 0 Å². The van der Waals surface area contributed by atoms with E-state index in [1.54, 1.807) is 7.11 Å². The zero-order valence-electron chi connectivity index (χ0n) is 10.7. The molecule has 0 aromatic heterocycles. The molecule has 5 heteroatoms. The summed E-state index contributed by atoms with van der Waals surface area (Å²) in [6, 6.07) is 7.56. The summed E-state index contributed by atoms with van der Waals surface area (Å²) >= 11 is 11.7. The monoisotopic (exact) mass is 291 g/mol. The summed E-state index contributed by atoms with van der Waals surface area (Å²) in [5, 5.41) is 3.27. The molecule has 0 spiro atoms. The first-order chi connectivity index (χ1) is 8.65. The zero-order chi connectivity index (χ0) is 13.4. The minimum atomic E-state index is -0.257. The van der Waals surface area contributed by atoms with Crippen LogP contribution in [0.3, 0.4) is 0 Å². The molecule has 0 aliphatic heterocycles. The van der Waals surface area contributed by atoms with Crippen molar-refractivity contribution >= 4 is 23.2 Å². The van der Waals surface area contributed by atoms with Gasteiger partial charge in [-0.1, -0.05) is 12.1 Å². The van der Waals surface area contributed by atoms with Gasteiger partial charge in [-0.3, -0.25) is 0 Å². The molecule has 0 atom stereocenters. The molecule has 0 unspecified atom stereocenters. The standard InChI is InChI=1S/C13H19Cl2NO2/c1-13(9-14,10-15)16-7-8-18-12-6-4-3-5-11(12)17-2/h3-6,16H,7-10H2,1-2H3. The predicted octanol–water partition coefficient (Wildman–Crippen LogP) is 2.90. The number of halogens is 2. The molecule has 0 saturated carbocycles. The number of hydrogen-bond donors (Lipinski definition) is 1. The van der Waals surface area contributed by atoms with Crippen molar-refractivity contribution in [1.29, 1.82) is 0 Å². The summed E-state index contributed by atoms with van der Waals surface area (Å²) in [4.78, 5) is 0. The minimum absolute atomic E-state index is 0.257. The quantitative estimate of drug-likeness (QED) is 0.590. The smallest absolute Gasteiger partial charge is 0.161 e. The largest absolute Gasteiger partial charge is 0.493 e. The van der Waals surface area contributed by atoms with Crippen LogP contribution in [0.15, 0.2) is 24.3 Å². The maximum Gasteiger partial charge on any atom is 0.161 e. The van der Waals surface area contributed by atoms with E-state index in [2.05, 4.69) is 5.32 Å². The number of nitrogens with one attached hydrogen (secondary N) is 1. The predicted molar refractivity (Wildman–Crippen MR) is 76.3 cm³/mol. The maximum absolute atomic E-state index is 5.84. The summed E-state index contributed by atoms with van der Waals surface area (Å²) < 4.78 is 10.8. The van der Waals surface area contributed by atoms with Gasteiger partial charge in [0.25, 0.3) is 0 Å². The molecule has 0 aliphatic rings. The number of benzene rings is 1. The van der Waals surface area contributed by atoms with Crippen molar-refractivity contribution in [2.24, 2.45) is 0 Å². The Morgan fingerprint density at radius 2 is 1.78 bits per heavy atom. The third-order valence-corrected chi connectivity index (χ3v) is 3.75. The van der Waals surface area contributed by atoms with E-state index >= 15 is 0 Å². The van der Waals surface area contributed by atoms with Crippen LogP contribution in [0, 0.1) is 0 Å². The summed E-state index contributed by atoms with van der Waals surface area (Å²) in [5.41, 5.74) is -0.257. The van der Waals surface area contributed by atoms with Crippen molar-refractivity contribution in [3.63, 3.8) is 0 Å². The van der Waals surface area contributed by atoms with E-state index in [1.165, 1.54) is 0 Å². The molecule has 1 N–H and O–H groups in total. The summed E-state index contributed by atoms with van der Waals surface area (Å²) in [6.45, 7) is 3.19. The number of ether oxygens (including phenoxy) is 2. The highest BCUT2D eigenvalue weighted by atomic mass is 35.5. The van der Waals surface area contributed by atoms with Gasteiger partial charge in [0.05, 0.1) is 7.11 Å². The van der Waals surface area contributed by atoms with E-state index in [4.69, 9.17) is 32.7 Å². The number of alkyl halides is 2. The summed E-state index contributed by atoms with van der Waals surface area (Å²) in [5.74, 6) is 2.39. The molecule has 0 fully saturated rings. The van der Waals surface area contributed by atoms with Gasteiger partial charge in [-0.05, 0) is 19.1 Å². The van der Waals surface area contributed by atoms with E-state index in [0.717, 1.165) is 11.5 Å². The highest BCUT2D eigenvalue weighted by Gasteiger charge is 2.20. The van der Waals surface area contributed by atoms with E-state index in [0.29, 0.717) is 24.9 Å². The van der Waals surface area contributed by atoms with Gasteiger partial charge in [0, 0.05) is 23.8 Å². The van der Waals surface area contributed by atoms with Crippen LogP contribution in [0.25, 0.3) is 0 Å². The maximum atomic E-state index is 5.84. The average molecular weight is 292 g/mol. The lowest BCUT2D eigenvalue weighted by atomic mass is 10.1. The molecular weight excluding hydrogens is 273 g/mol. The number of hydrogen-bond acceptors (Lipinski definition) is 3. The number of methoxy groups -OCH3 is 1. The third-order valence-electron chi connectivity index (χ3n) is 2.57. The van der Waals surface area contributed by atoms with Crippen molar-refractivity contribution in [2.45, 2.75) is 12.5 Å². The lowest BCUT2D eigenvalue weighted by Gasteiger charge is -2.26. The Kier molecular flexibility index (Phi) is 6.61. The Morgan fingerprint density at radius 1 is 1.17 bits per heavy atom. The highest BCUT2D eigenvalue weighted by molar-refractivity contribution is 6.22. The van der Waals surface area contributed by atoms with Gasteiger partial charge in [0.15, 0.2) is 11.5 Å². The van der Waals surface area contributed by atoms with Gasteiger partial charge in [0.2, 0.25) is 0 Å². The van der Waals surface area contributed by atoms with Gasteiger partial charge in [0.1, 0.15) is 6.61 Å². The summed E-state index contributed by atoms with van der Waals surface area (Å²) in [7, 11) is 1.62. The first kappa shape index (κ1) is 15.4. The SMILES string of the molecule is COc1ccccc1OCCNC(C)(CCl)CCl. The Bertz CT molecular complexity index is 357. The molecule has 1 aromatic carbocycles. The van der Waals surface area contributed by atoms with E-state index in [-0.39, 0.29) is 5.54 Å². The van der Waals surface area contributed by atoms with Crippen LogP contribution in [0.5, 0.6) is 11.5 Å². The Hall–Kier alpha value is -0.640. The fourth-order valence-corrected chi connectivity index (χ4v) is 1.86. The Balaban J connectivity index is 2.38. The molecule has 1 rings (SSSR count). The van der Waals surface area contributed by atoms with Crippen LogP contribution in [-0.4, -0.2) is 37.6 Å². The third kappa shape index (κ3) is 4.56. The molecular formula is C13H19Cl2NO2. The first-order valence-corrected chi connectivity index (χ1v) is 6.85. The van der Waals surface area contributed by atoms with Crippen molar-refractivity contribution in [1.82, 2.24) is 5.32 Å². The lowest BCUT2D eigenvalue weighted by Crippen LogP contribution is -2.47. The number of para-hydroxylation sites is 2. The molecule has 3 nitrogen and oxygen atoms in total. The average Bonchev–Trinajstić information content (AvgIpc) is 2.43. The van der Waals surface area contributed by atoms with E-state index in [9.17, 15) is 0 Å². The Morgan fingerprint density at radius 3 is 2.33 bits per heavy atom. The van der Waals surface area contributed by atoms with Crippen molar-refractivity contribution in [2.75, 3.05) is 32.0 Å². The normalized spacial score (nSPS) is 11.3. The van der Waals surface area contributed by atoms with Crippen molar-refractivity contribution in [3.8, 4) is 11.5 Å². The van der Waals surface area contributed by atoms with Crippen LogP contribution >= 0.6 is 23.2 Å². The molecule has 102 valence electrons. The van der Waals surface area contributed by atoms with Gasteiger partial charge >= 0.3 is 0 Å². The molecule has 0 saturated heterocycles. The van der Waals surface area contributed by atoms with Crippen molar-refractivity contribution in [3.05, 3.63) is 24.3 Å². The molecule has 0 bridgehead atoms. The van der Waals surface area contributed by atoms with Gasteiger partial charge < -0.3 is 14.8 Å². The van der Waals surface area contributed by atoms with Gasteiger partial charge in [-0.15, -0.1) is 23.2 Å². The van der Waals surface area contributed by atoms with Crippen LogP contribution in [0.2, 0.25) is 0 Å². The first-order valence-electron chi connectivity index (χ1n) is 5.78. The molecule has 0 aliphatic carbocycles. The topological polar surface area (TPSA) is 30.5 Å². The second-order valence-corrected chi connectivity index (χ2v) is 4.79. The minimum Gasteiger partial charge on any atom is -0.493 e. The fourth-order valence-electron chi connectivity index (χ4n) is 1.38. The van der Waals surface area contributed by atoms with Crippen molar-refractivity contribution < 1.29 is 9.47 Å². The van der Waals surface area contributed by atoms with Crippen LogP contribution in [0.1, 0.15) is 6.92 Å².